The molecule has 0 aliphatic carbocycles. The van der Waals surface area contributed by atoms with Crippen molar-refractivity contribution in [2.45, 2.75) is 6.92 Å². The van der Waals surface area contributed by atoms with E-state index >= 15 is 0 Å². The van der Waals surface area contributed by atoms with E-state index in [0.29, 0.717) is 5.56 Å². The zero-order chi connectivity index (χ0) is 14.0. The van der Waals surface area contributed by atoms with Crippen molar-refractivity contribution in [3.8, 4) is 0 Å². The Kier molecular flexibility index (Phi) is 3.95. The quantitative estimate of drug-likeness (QED) is 0.876. The number of anilines is 1. The molecule has 0 saturated heterocycles. The van der Waals surface area contributed by atoms with Crippen LogP contribution in [0.4, 0.5) is 14.5 Å². The molecule has 0 bridgehead atoms. The average molecular weight is 326 g/mol. The van der Waals surface area contributed by atoms with Crippen molar-refractivity contribution in [2.75, 3.05) is 5.32 Å². The highest BCUT2D eigenvalue weighted by molar-refractivity contribution is 9.10. The smallest absolute Gasteiger partial charge is 0.255 e. The number of carbonyl (C=O) groups excluding carboxylic acids is 1. The van der Waals surface area contributed by atoms with Crippen molar-refractivity contribution in [1.82, 2.24) is 0 Å². The molecule has 0 fully saturated rings. The van der Waals surface area contributed by atoms with Gasteiger partial charge in [0.1, 0.15) is 11.6 Å². The Morgan fingerprint density at radius 3 is 2.63 bits per heavy atom. The molecule has 0 aliphatic rings. The average Bonchev–Trinajstić information content (AvgIpc) is 2.38. The molecule has 0 aromatic heterocycles. The van der Waals surface area contributed by atoms with Gasteiger partial charge in [0.05, 0.1) is 10.2 Å². The lowest BCUT2D eigenvalue weighted by Crippen LogP contribution is -2.13. The van der Waals surface area contributed by atoms with Gasteiger partial charge < -0.3 is 5.32 Å². The minimum absolute atomic E-state index is 0.102. The molecule has 19 heavy (non-hydrogen) atoms. The fourth-order valence-corrected chi connectivity index (χ4v) is 1.95. The maximum absolute atomic E-state index is 13.7. The summed E-state index contributed by atoms with van der Waals surface area (Å²) in [6.45, 7) is 1.61. The second-order valence-corrected chi connectivity index (χ2v) is 4.87. The standard InChI is InChI=1S/C14H10BrF2NO/c1-8-3-2-4-12(13(8)17)18-14(19)9-5-6-11(16)10(15)7-9/h2-7H,1H3,(H,18,19). The summed E-state index contributed by atoms with van der Waals surface area (Å²) < 4.78 is 27.0. The summed E-state index contributed by atoms with van der Waals surface area (Å²) >= 11 is 3.00. The number of rotatable bonds is 2. The Hall–Kier alpha value is -1.75. The van der Waals surface area contributed by atoms with Gasteiger partial charge in [-0.1, -0.05) is 12.1 Å². The van der Waals surface area contributed by atoms with Crippen LogP contribution in [0.5, 0.6) is 0 Å². The molecule has 98 valence electrons. The highest BCUT2D eigenvalue weighted by Crippen LogP contribution is 2.20. The van der Waals surface area contributed by atoms with Gasteiger partial charge in [-0.15, -0.1) is 0 Å². The van der Waals surface area contributed by atoms with Crippen LogP contribution in [0, 0.1) is 18.6 Å². The lowest BCUT2D eigenvalue weighted by molar-refractivity contribution is 0.102. The molecule has 2 aromatic carbocycles. The van der Waals surface area contributed by atoms with E-state index in [4.69, 9.17) is 0 Å². The lowest BCUT2D eigenvalue weighted by Gasteiger charge is -2.08. The van der Waals surface area contributed by atoms with Crippen molar-refractivity contribution in [2.24, 2.45) is 0 Å². The van der Waals surface area contributed by atoms with Crippen LogP contribution in [0.3, 0.4) is 0 Å². The first-order chi connectivity index (χ1) is 8.99. The molecule has 0 unspecified atom stereocenters. The predicted molar refractivity (Wildman–Crippen MR) is 73.2 cm³/mol. The zero-order valence-corrected chi connectivity index (χ0v) is 11.6. The molecular formula is C14H10BrF2NO. The summed E-state index contributed by atoms with van der Waals surface area (Å²) in [4.78, 5) is 11.9. The molecule has 1 N–H and O–H groups in total. The van der Waals surface area contributed by atoms with E-state index < -0.39 is 17.5 Å². The van der Waals surface area contributed by atoms with E-state index in [0.717, 1.165) is 0 Å². The Balaban J connectivity index is 2.26. The summed E-state index contributed by atoms with van der Waals surface area (Å²) in [6.07, 6.45) is 0. The number of hydrogen-bond donors (Lipinski definition) is 1. The van der Waals surface area contributed by atoms with Crippen LogP contribution < -0.4 is 5.32 Å². The zero-order valence-electron chi connectivity index (χ0n) is 10.0. The van der Waals surface area contributed by atoms with Crippen LogP contribution >= 0.6 is 15.9 Å². The molecule has 2 aromatic rings. The van der Waals surface area contributed by atoms with Gasteiger partial charge in [-0.05, 0) is 52.7 Å². The number of carbonyl (C=O) groups is 1. The molecule has 2 nitrogen and oxygen atoms in total. The summed E-state index contributed by atoms with van der Waals surface area (Å²) in [5.74, 6) is -1.43. The largest absolute Gasteiger partial charge is 0.319 e. The van der Waals surface area contributed by atoms with Crippen LogP contribution in [0.25, 0.3) is 0 Å². The first-order valence-electron chi connectivity index (χ1n) is 5.50. The Bertz CT molecular complexity index is 643. The summed E-state index contributed by atoms with van der Waals surface area (Å²) in [5.41, 5.74) is 0.790. The summed E-state index contributed by atoms with van der Waals surface area (Å²) in [6, 6.07) is 8.58. The van der Waals surface area contributed by atoms with E-state index in [-0.39, 0.29) is 15.7 Å². The molecule has 0 aliphatic heterocycles. The van der Waals surface area contributed by atoms with Crippen LogP contribution in [0.15, 0.2) is 40.9 Å². The van der Waals surface area contributed by atoms with E-state index in [2.05, 4.69) is 21.2 Å². The van der Waals surface area contributed by atoms with Crippen LogP contribution in [-0.4, -0.2) is 5.91 Å². The number of nitrogens with one attached hydrogen (secondary N) is 1. The van der Waals surface area contributed by atoms with E-state index in [1.807, 2.05) is 0 Å². The van der Waals surface area contributed by atoms with Crippen molar-refractivity contribution in [3.63, 3.8) is 0 Å². The van der Waals surface area contributed by atoms with Crippen LogP contribution in [0.2, 0.25) is 0 Å². The van der Waals surface area contributed by atoms with Gasteiger partial charge in [-0.25, -0.2) is 8.78 Å². The highest BCUT2D eigenvalue weighted by atomic mass is 79.9. The maximum atomic E-state index is 13.7. The predicted octanol–water partition coefficient (Wildman–Crippen LogP) is 4.29. The molecule has 0 saturated carbocycles. The van der Waals surface area contributed by atoms with Crippen LogP contribution in [0.1, 0.15) is 15.9 Å². The van der Waals surface area contributed by atoms with Crippen molar-refractivity contribution < 1.29 is 13.6 Å². The van der Waals surface area contributed by atoms with Crippen molar-refractivity contribution in [3.05, 3.63) is 63.6 Å². The van der Waals surface area contributed by atoms with Crippen molar-refractivity contribution >= 4 is 27.5 Å². The minimum Gasteiger partial charge on any atom is -0.319 e. The number of aryl methyl sites for hydroxylation is 1. The fraction of sp³-hybridized carbons (Fsp3) is 0.0714. The summed E-state index contributed by atoms with van der Waals surface area (Å²) in [5, 5.41) is 2.46. The lowest BCUT2D eigenvalue weighted by atomic mass is 10.1. The SMILES string of the molecule is Cc1cccc(NC(=O)c2ccc(F)c(Br)c2)c1F. The molecule has 0 atom stereocenters. The van der Waals surface area contributed by atoms with Gasteiger partial charge in [0.15, 0.2) is 0 Å². The second kappa shape index (κ2) is 5.48. The molecule has 5 heteroatoms. The van der Waals surface area contributed by atoms with Crippen LogP contribution in [-0.2, 0) is 0 Å². The van der Waals surface area contributed by atoms with Gasteiger partial charge in [-0.2, -0.15) is 0 Å². The molecular weight excluding hydrogens is 316 g/mol. The Morgan fingerprint density at radius 1 is 1.21 bits per heavy atom. The number of benzene rings is 2. The van der Waals surface area contributed by atoms with Gasteiger partial charge >= 0.3 is 0 Å². The molecule has 1 amide bonds. The van der Waals surface area contributed by atoms with Gasteiger partial charge in [-0.3, -0.25) is 4.79 Å². The van der Waals surface area contributed by atoms with E-state index in [1.54, 1.807) is 19.1 Å². The molecule has 0 radical (unpaired) electrons. The third-order valence-electron chi connectivity index (χ3n) is 2.62. The first kappa shape index (κ1) is 13.7. The van der Waals surface area contributed by atoms with Crippen molar-refractivity contribution in [1.29, 1.82) is 0 Å². The third kappa shape index (κ3) is 2.98. The van der Waals surface area contributed by atoms with Gasteiger partial charge in [0.2, 0.25) is 0 Å². The second-order valence-electron chi connectivity index (χ2n) is 4.02. The van der Waals surface area contributed by atoms with Gasteiger partial charge in [0, 0.05) is 5.56 Å². The monoisotopic (exact) mass is 325 g/mol. The fourth-order valence-electron chi connectivity index (χ4n) is 1.58. The number of halogens is 3. The third-order valence-corrected chi connectivity index (χ3v) is 3.23. The van der Waals surface area contributed by atoms with Gasteiger partial charge in [0.25, 0.3) is 5.91 Å². The van der Waals surface area contributed by atoms with E-state index in [9.17, 15) is 13.6 Å². The Labute approximate surface area is 117 Å². The normalized spacial score (nSPS) is 10.3. The Morgan fingerprint density at radius 2 is 1.95 bits per heavy atom. The minimum atomic E-state index is -0.495. The molecule has 0 spiro atoms. The number of hydrogen-bond acceptors (Lipinski definition) is 1. The maximum Gasteiger partial charge on any atom is 0.255 e. The first-order valence-corrected chi connectivity index (χ1v) is 6.30. The topological polar surface area (TPSA) is 29.1 Å². The molecule has 2 rings (SSSR count). The number of amides is 1. The summed E-state index contributed by atoms with van der Waals surface area (Å²) in [7, 11) is 0. The molecule has 0 heterocycles. The van der Waals surface area contributed by atoms with E-state index in [1.165, 1.54) is 24.3 Å². The highest BCUT2D eigenvalue weighted by Gasteiger charge is 2.12.